The normalized spacial score (nSPS) is 39.6. The summed E-state index contributed by atoms with van der Waals surface area (Å²) in [6.07, 6.45) is -1.66. The fourth-order valence-corrected chi connectivity index (χ4v) is 9.08. The number of halogens is 1. The quantitative estimate of drug-likeness (QED) is 0.238. The average molecular weight is 817 g/mol. The molecule has 0 bridgehead atoms. The highest BCUT2D eigenvalue weighted by Crippen LogP contribution is 2.44. The highest BCUT2D eigenvalue weighted by atomic mass is 19.1. The molecule has 3 saturated heterocycles. The van der Waals surface area contributed by atoms with E-state index in [2.05, 4.69) is 9.97 Å². The average Bonchev–Trinajstić information content (AvgIpc) is 3.71. The summed E-state index contributed by atoms with van der Waals surface area (Å²) in [5.41, 5.74) is 2.77. The number of fused-ring (bicyclic) bond motifs is 2. The first-order valence-electron chi connectivity index (χ1n) is 20.4. The minimum atomic E-state index is -3.17. The van der Waals surface area contributed by atoms with Crippen LogP contribution in [-0.2, 0) is 33.3 Å². The number of amides is 1. The van der Waals surface area contributed by atoms with Crippen LogP contribution in [0.1, 0.15) is 81.0 Å². The number of carbonyl (C=O) groups is 3. The first-order valence-corrected chi connectivity index (χ1v) is 20.4. The van der Waals surface area contributed by atoms with E-state index >= 15 is 4.39 Å². The molecule has 1 amide bonds. The van der Waals surface area contributed by atoms with Gasteiger partial charge in [-0.25, -0.2) is 29.0 Å². The van der Waals surface area contributed by atoms with Gasteiger partial charge in [-0.1, -0.05) is 45.9 Å². The monoisotopic (exact) mass is 816 g/mol. The Kier molecular flexibility index (Phi) is 13.8. The van der Waals surface area contributed by atoms with Gasteiger partial charge in [-0.15, -0.1) is 0 Å². The van der Waals surface area contributed by atoms with E-state index in [1.807, 2.05) is 71.0 Å². The number of aromatic nitrogens is 2. The lowest BCUT2D eigenvalue weighted by Gasteiger charge is -2.48. The van der Waals surface area contributed by atoms with Gasteiger partial charge in [-0.3, -0.25) is 4.79 Å². The molecule has 3 aliphatic heterocycles. The smallest absolute Gasteiger partial charge is 0.425 e. The Morgan fingerprint density at radius 3 is 2.41 bits per heavy atom. The molecule has 4 heterocycles. The lowest BCUT2D eigenvalue weighted by atomic mass is 9.72. The van der Waals surface area contributed by atoms with Gasteiger partial charge >= 0.3 is 12.1 Å². The van der Waals surface area contributed by atoms with Crippen molar-refractivity contribution in [2.75, 3.05) is 34.3 Å². The van der Waals surface area contributed by atoms with Crippen molar-refractivity contribution in [3.8, 4) is 0 Å². The largest absolute Gasteiger partial charge is 0.456 e. The molecule has 58 heavy (non-hydrogen) atoms. The van der Waals surface area contributed by atoms with Crippen molar-refractivity contribution >= 4 is 35.0 Å². The number of hydrogen-bond donors (Lipinski definition) is 3. The summed E-state index contributed by atoms with van der Waals surface area (Å²) >= 11 is 0. The van der Waals surface area contributed by atoms with Gasteiger partial charge in [0.2, 0.25) is 0 Å². The number of ketones is 1. The second-order valence-electron chi connectivity index (χ2n) is 17.4. The predicted octanol–water partition coefficient (Wildman–Crippen LogP) is 4.48. The summed E-state index contributed by atoms with van der Waals surface area (Å²) in [6, 6.07) is 5.88. The van der Waals surface area contributed by atoms with Crippen molar-refractivity contribution in [1.29, 1.82) is 0 Å². The number of cyclic esters (lactones) is 1. The fourth-order valence-electron chi connectivity index (χ4n) is 9.08. The van der Waals surface area contributed by atoms with Crippen LogP contribution in [-0.4, -0.2) is 148 Å². The number of H-pyrrole nitrogens is 1. The molecule has 0 saturated carbocycles. The number of esters is 1. The van der Waals surface area contributed by atoms with E-state index in [1.165, 1.54) is 18.9 Å². The van der Waals surface area contributed by atoms with Crippen molar-refractivity contribution in [3.05, 3.63) is 36.2 Å². The van der Waals surface area contributed by atoms with Crippen LogP contribution < -0.4 is 5.73 Å². The highest BCUT2D eigenvalue weighted by Gasteiger charge is 2.62. The second kappa shape index (κ2) is 17.6. The minimum Gasteiger partial charge on any atom is -0.456 e. The number of nitrogens with one attached hydrogen (secondary N) is 1. The van der Waals surface area contributed by atoms with Gasteiger partial charge in [0, 0.05) is 31.6 Å². The molecule has 0 radical (unpaired) electrons. The van der Waals surface area contributed by atoms with Gasteiger partial charge in [0.25, 0.3) is 5.67 Å². The molecule has 1 aromatic carbocycles. The Labute approximate surface area is 341 Å². The van der Waals surface area contributed by atoms with E-state index in [-0.39, 0.29) is 31.1 Å². The van der Waals surface area contributed by atoms with E-state index < -0.39 is 83.2 Å². The zero-order valence-electron chi connectivity index (χ0n) is 36.1. The summed E-state index contributed by atoms with van der Waals surface area (Å²) in [5, 5.41) is 14.8. The Morgan fingerprint density at radius 2 is 1.78 bits per heavy atom. The van der Waals surface area contributed by atoms with Crippen molar-refractivity contribution in [1.82, 2.24) is 24.9 Å². The number of aromatic amines is 1. The van der Waals surface area contributed by atoms with Crippen molar-refractivity contribution < 1.29 is 47.6 Å². The van der Waals surface area contributed by atoms with Gasteiger partial charge in [-0.05, 0) is 91.6 Å². The highest BCUT2D eigenvalue weighted by molar-refractivity contribution is 6.07. The Hall–Kier alpha value is -3.51. The van der Waals surface area contributed by atoms with Gasteiger partial charge in [0.15, 0.2) is 17.7 Å². The molecule has 15 nitrogen and oxygen atoms in total. The molecule has 3 aliphatic rings. The number of alkyl halides is 1. The molecular weight excluding hydrogens is 751 g/mol. The number of aliphatic hydroxyl groups is 1. The Balaban J connectivity index is 1.61. The molecule has 4 N–H and O–H groups in total. The number of hydrazine groups is 1. The Bertz CT molecular complexity index is 1780. The van der Waals surface area contributed by atoms with Crippen LogP contribution in [0, 0.1) is 17.8 Å². The van der Waals surface area contributed by atoms with Crippen LogP contribution in [0.3, 0.4) is 0 Å². The van der Waals surface area contributed by atoms with Crippen LogP contribution in [0.4, 0.5) is 9.18 Å². The number of benzene rings is 1. The first-order chi connectivity index (χ1) is 27.1. The van der Waals surface area contributed by atoms with Crippen LogP contribution >= 0.6 is 0 Å². The lowest BCUT2D eigenvalue weighted by molar-refractivity contribution is -0.297. The molecule has 2 unspecified atom stereocenters. The molecule has 3 fully saturated rings. The zero-order valence-corrected chi connectivity index (χ0v) is 36.1. The number of likely N-dealkylation sites (N-methyl/N-ethyl adjacent to an activating group) is 1. The molecule has 5 rings (SSSR count). The molecule has 0 aliphatic carbocycles. The van der Waals surface area contributed by atoms with Crippen LogP contribution in [0.25, 0.3) is 17.1 Å². The third-order valence-electron chi connectivity index (χ3n) is 12.8. The number of ether oxygens (including phenoxy) is 5. The van der Waals surface area contributed by atoms with Crippen LogP contribution in [0.2, 0.25) is 0 Å². The molecular formula is C42H65FN6O9. The number of aliphatic hydroxyl groups excluding tert-OH is 1. The number of nitrogens with two attached hydrogens (primary N) is 1. The van der Waals surface area contributed by atoms with Crippen molar-refractivity contribution in [2.24, 2.45) is 23.5 Å². The number of imidazole rings is 1. The molecule has 0 spiro atoms. The van der Waals surface area contributed by atoms with Crippen molar-refractivity contribution in [2.45, 2.75) is 141 Å². The molecule has 2 aromatic rings. The van der Waals surface area contributed by atoms with Gasteiger partial charge in [-0.2, -0.15) is 0 Å². The Morgan fingerprint density at radius 1 is 1.10 bits per heavy atom. The minimum absolute atomic E-state index is 0.00118. The second-order valence-corrected chi connectivity index (χ2v) is 17.4. The maximum Gasteiger partial charge on any atom is 0.425 e. The van der Waals surface area contributed by atoms with Crippen LogP contribution in [0.5, 0.6) is 0 Å². The lowest BCUT2D eigenvalue weighted by Crippen LogP contribution is -2.63. The molecule has 324 valence electrons. The summed E-state index contributed by atoms with van der Waals surface area (Å²) in [5.74, 6) is -4.18. The summed E-state index contributed by atoms with van der Waals surface area (Å²) in [4.78, 5) is 51.7. The number of Topliss-reactive ketones (excluding diaryl/α,β-unsaturated/α-hetero) is 1. The zero-order chi connectivity index (χ0) is 43.1. The third kappa shape index (κ3) is 8.84. The SMILES string of the molecule is CCN(C)N1C(=O)O[C@]2(C)[C@H](C)OC(=O)C(C)(F)C(=O)[C@H](C)[C@@H](O[C@@H]3O[C@H](C)C[C@H](N(C)C)[C@H]3O)[C@@](C)(OC/C=C/c3nc4ccccc4[nH]3)C[C@@H](C)C(N)[C@@H](C)[C@@H]12. The summed E-state index contributed by atoms with van der Waals surface area (Å²) in [7, 11) is 5.43. The maximum absolute atomic E-state index is 17.0. The number of hydrogen-bond acceptors (Lipinski definition) is 13. The molecule has 16 heteroatoms. The summed E-state index contributed by atoms with van der Waals surface area (Å²) in [6.45, 7) is 15.3. The van der Waals surface area contributed by atoms with Gasteiger partial charge in [0.05, 0.1) is 41.5 Å². The molecule has 14 atom stereocenters. The van der Waals surface area contributed by atoms with Crippen molar-refractivity contribution in [3.63, 3.8) is 0 Å². The number of nitrogens with zero attached hydrogens (tertiary/aromatic N) is 4. The number of carbonyl (C=O) groups excluding carboxylic acids is 3. The third-order valence-corrected chi connectivity index (χ3v) is 12.8. The van der Waals surface area contributed by atoms with Gasteiger partial charge in [0.1, 0.15) is 18.0 Å². The van der Waals surface area contributed by atoms with E-state index in [1.54, 1.807) is 38.1 Å². The topological polar surface area (TPSA) is 182 Å². The van der Waals surface area contributed by atoms with Gasteiger partial charge < -0.3 is 44.4 Å². The summed E-state index contributed by atoms with van der Waals surface area (Å²) < 4.78 is 48.4. The fraction of sp³-hybridized carbons (Fsp3) is 0.714. The number of rotatable bonds is 9. The van der Waals surface area contributed by atoms with E-state index in [4.69, 9.17) is 29.4 Å². The molecule has 1 aromatic heterocycles. The number of para-hydroxylation sites is 2. The predicted molar refractivity (Wildman–Crippen MR) is 216 cm³/mol. The van der Waals surface area contributed by atoms with Crippen LogP contribution in [0.15, 0.2) is 30.3 Å². The standard InChI is InChI=1S/C42H65FN6O9/c1-13-48(12)49-34-25(4)32(44)23(2)22-40(7,54-20-16-19-31-45-28-17-14-15-18-29(28)46-31)36(57-37-33(50)30(47(10)11)21-24(3)55-37)26(5)35(51)41(8,43)38(52)56-27(6)42(34,9)58-39(49)53/h14-19,23-27,30,32-34,36-37,50H,13,20-22,44H2,1-12H3,(H,45,46)/b19-16+/t23-,24-,25-,26+,27+,30+,32?,33-,34-,36-,37+,40+,41?,42-/m1/s1. The maximum atomic E-state index is 17.0. The van der Waals surface area contributed by atoms with E-state index in [0.717, 1.165) is 18.0 Å². The van der Waals surface area contributed by atoms with E-state index in [0.29, 0.717) is 18.8 Å². The first kappa shape index (κ1) is 45.6. The van der Waals surface area contributed by atoms with E-state index in [9.17, 15) is 19.5 Å².